The quantitative estimate of drug-likeness (QED) is 0.744. The lowest BCUT2D eigenvalue weighted by atomic mass is 9.94. The molecule has 3 heterocycles. The number of Topliss-reactive ketones (excluding diaryl/α,β-unsaturated/α-hetero) is 1. The van der Waals surface area contributed by atoms with Crippen molar-refractivity contribution >= 4 is 33.2 Å². The van der Waals surface area contributed by atoms with E-state index in [9.17, 15) is 18.0 Å². The van der Waals surface area contributed by atoms with Crippen LogP contribution in [0.25, 0.3) is 10.4 Å². The number of aryl methyl sites for hydroxylation is 2. The van der Waals surface area contributed by atoms with Crippen molar-refractivity contribution in [1.29, 1.82) is 0 Å². The Bertz CT molecular complexity index is 1100. The highest BCUT2D eigenvalue weighted by Gasteiger charge is 2.52. The molecule has 2 saturated heterocycles. The third-order valence-corrected chi connectivity index (χ3v) is 8.41. The molecule has 2 aliphatic rings. The van der Waals surface area contributed by atoms with E-state index < -0.39 is 15.6 Å². The standard InChI is InChI=1S/C19H21N3O4S2/c1-11-6-14(16-5-4-15(27-16)13(3)23)17(7-12(11)2)28(25,26)22-9-19(10-22)8-20-18(24)21-19/h4-7H,8-10H2,1-3H3,(H2,20,21,24). The first kappa shape index (κ1) is 19.1. The van der Waals surface area contributed by atoms with Gasteiger partial charge >= 0.3 is 6.03 Å². The van der Waals surface area contributed by atoms with Crippen LogP contribution < -0.4 is 10.6 Å². The number of sulfonamides is 1. The Balaban J connectivity index is 1.73. The average molecular weight is 420 g/mol. The molecule has 2 amide bonds. The average Bonchev–Trinajstić information content (AvgIpc) is 3.22. The Morgan fingerprint density at radius 1 is 1.18 bits per heavy atom. The fourth-order valence-electron chi connectivity index (χ4n) is 3.57. The van der Waals surface area contributed by atoms with Crippen molar-refractivity contribution in [2.75, 3.05) is 19.6 Å². The van der Waals surface area contributed by atoms with Crippen LogP contribution in [0.15, 0.2) is 29.2 Å². The molecular weight excluding hydrogens is 398 g/mol. The second-order valence-electron chi connectivity index (χ2n) is 7.51. The monoisotopic (exact) mass is 419 g/mol. The van der Waals surface area contributed by atoms with Crippen LogP contribution in [0.1, 0.15) is 27.7 Å². The first-order valence-corrected chi connectivity index (χ1v) is 11.2. The largest absolute Gasteiger partial charge is 0.336 e. The molecule has 2 N–H and O–H groups in total. The summed E-state index contributed by atoms with van der Waals surface area (Å²) in [5, 5.41) is 5.50. The zero-order valence-corrected chi connectivity index (χ0v) is 17.5. The Labute approximate surface area is 167 Å². The van der Waals surface area contributed by atoms with E-state index in [1.165, 1.54) is 22.6 Å². The van der Waals surface area contributed by atoms with Gasteiger partial charge in [0.25, 0.3) is 0 Å². The van der Waals surface area contributed by atoms with Crippen LogP contribution in [-0.2, 0) is 10.0 Å². The molecule has 0 saturated carbocycles. The van der Waals surface area contributed by atoms with Crippen LogP contribution in [0.5, 0.6) is 0 Å². The summed E-state index contributed by atoms with van der Waals surface area (Å²) in [5.74, 6) is -0.0429. The summed E-state index contributed by atoms with van der Waals surface area (Å²) in [5.41, 5.74) is 1.96. The van der Waals surface area contributed by atoms with E-state index >= 15 is 0 Å². The molecule has 0 bridgehead atoms. The van der Waals surface area contributed by atoms with Crippen molar-refractivity contribution in [1.82, 2.24) is 14.9 Å². The van der Waals surface area contributed by atoms with Crippen molar-refractivity contribution < 1.29 is 18.0 Å². The van der Waals surface area contributed by atoms with Crippen molar-refractivity contribution in [2.24, 2.45) is 0 Å². The van der Waals surface area contributed by atoms with Gasteiger partial charge in [-0.15, -0.1) is 11.3 Å². The number of carbonyl (C=O) groups excluding carboxylic acids is 2. The Morgan fingerprint density at radius 2 is 1.86 bits per heavy atom. The van der Waals surface area contributed by atoms with Gasteiger partial charge in [-0.3, -0.25) is 4.79 Å². The number of hydrogen-bond acceptors (Lipinski definition) is 5. The minimum absolute atomic E-state index is 0.0429. The van der Waals surface area contributed by atoms with E-state index in [1.807, 2.05) is 19.9 Å². The Morgan fingerprint density at radius 3 is 2.43 bits per heavy atom. The molecular formula is C19H21N3O4S2. The maximum atomic E-state index is 13.4. The molecule has 2 aromatic rings. The predicted octanol–water partition coefficient (Wildman–Crippen LogP) is 2.29. The fraction of sp³-hybridized carbons (Fsp3) is 0.368. The lowest BCUT2D eigenvalue weighted by Crippen LogP contribution is -2.69. The first-order valence-electron chi connectivity index (χ1n) is 8.90. The number of rotatable bonds is 4. The number of carbonyl (C=O) groups is 2. The number of thiophene rings is 1. The highest BCUT2D eigenvalue weighted by molar-refractivity contribution is 7.89. The van der Waals surface area contributed by atoms with Crippen LogP contribution in [0.2, 0.25) is 0 Å². The van der Waals surface area contributed by atoms with Crippen LogP contribution in [0.4, 0.5) is 4.79 Å². The van der Waals surface area contributed by atoms with E-state index in [1.54, 1.807) is 18.2 Å². The van der Waals surface area contributed by atoms with Crippen LogP contribution >= 0.6 is 11.3 Å². The SMILES string of the molecule is CC(=O)c1ccc(-c2cc(C)c(C)cc2S(=O)(=O)N2CC3(CNC(=O)N3)C2)s1. The maximum Gasteiger partial charge on any atom is 0.315 e. The van der Waals surface area contributed by atoms with Crippen molar-refractivity contribution in [3.05, 3.63) is 40.3 Å². The second kappa shape index (κ2) is 6.40. The van der Waals surface area contributed by atoms with Crippen molar-refractivity contribution in [2.45, 2.75) is 31.2 Å². The van der Waals surface area contributed by atoms with E-state index in [4.69, 9.17) is 0 Å². The van der Waals surface area contributed by atoms with Gasteiger partial charge in [0, 0.05) is 30.1 Å². The lowest BCUT2D eigenvalue weighted by Gasteiger charge is -2.45. The summed E-state index contributed by atoms with van der Waals surface area (Å²) in [6.45, 7) is 6.22. The molecule has 4 rings (SSSR count). The van der Waals surface area contributed by atoms with Gasteiger partial charge in [-0.05, 0) is 56.2 Å². The Kier molecular flexibility index (Phi) is 4.36. The number of benzene rings is 1. The zero-order valence-electron chi connectivity index (χ0n) is 15.8. The Hall–Kier alpha value is -2.23. The molecule has 9 heteroatoms. The lowest BCUT2D eigenvalue weighted by molar-refractivity contribution is 0.102. The van der Waals surface area contributed by atoms with Gasteiger partial charge in [-0.1, -0.05) is 0 Å². The molecule has 1 aromatic heterocycles. The van der Waals surface area contributed by atoms with E-state index in [-0.39, 0.29) is 29.8 Å². The highest BCUT2D eigenvalue weighted by Crippen LogP contribution is 2.38. The van der Waals surface area contributed by atoms with Gasteiger partial charge in [-0.25, -0.2) is 13.2 Å². The van der Waals surface area contributed by atoms with Gasteiger partial charge in [0.05, 0.1) is 15.3 Å². The number of nitrogens with zero attached hydrogens (tertiary/aromatic N) is 1. The zero-order chi connectivity index (χ0) is 20.3. The van der Waals surface area contributed by atoms with Gasteiger partial charge in [-0.2, -0.15) is 4.31 Å². The maximum absolute atomic E-state index is 13.4. The number of amides is 2. The number of hydrogen-bond donors (Lipinski definition) is 2. The fourth-order valence-corrected chi connectivity index (χ4v) is 6.46. The molecule has 0 atom stereocenters. The smallest absolute Gasteiger partial charge is 0.315 e. The third-order valence-electron chi connectivity index (χ3n) is 5.36. The first-order chi connectivity index (χ1) is 13.1. The normalized spacial score (nSPS) is 18.6. The van der Waals surface area contributed by atoms with E-state index in [0.29, 0.717) is 17.0 Å². The molecule has 0 aliphatic carbocycles. The van der Waals surface area contributed by atoms with Gasteiger partial charge in [0.15, 0.2) is 5.78 Å². The van der Waals surface area contributed by atoms with Crippen LogP contribution in [0, 0.1) is 13.8 Å². The third kappa shape index (κ3) is 3.03. The van der Waals surface area contributed by atoms with E-state index in [0.717, 1.165) is 16.0 Å². The van der Waals surface area contributed by atoms with E-state index in [2.05, 4.69) is 10.6 Å². The summed E-state index contributed by atoms with van der Waals surface area (Å²) in [6.07, 6.45) is 0. The summed E-state index contributed by atoms with van der Waals surface area (Å²) < 4.78 is 28.1. The predicted molar refractivity (Wildman–Crippen MR) is 107 cm³/mol. The summed E-state index contributed by atoms with van der Waals surface area (Å²) in [7, 11) is -3.74. The molecule has 2 fully saturated rings. The van der Waals surface area contributed by atoms with Gasteiger partial charge in [0.1, 0.15) is 0 Å². The van der Waals surface area contributed by atoms with Crippen molar-refractivity contribution in [3.8, 4) is 10.4 Å². The molecule has 7 nitrogen and oxygen atoms in total. The molecule has 2 aliphatic heterocycles. The molecule has 0 radical (unpaired) electrons. The van der Waals surface area contributed by atoms with Gasteiger partial charge in [0.2, 0.25) is 10.0 Å². The number of nitrogens with one attached hydrogen (secondary N) is 2. The molecule has 1 aromatic carbocycles. The molecule has 0 unspecified atom stereocenters. The minimum Gasteiger partial charge on any atom is -0.336 e. The minimum atomic E-state index is -3.74. The van der Waals surface area contributed by atoms with Crippen LogP contribution in [-0.4, -0.2) is 49.7 Å². The topological polar surface area (TPSA) is 95.6 Å². The van der Waals surface area contributed by atoms with Gasteiger partial charge < -0.3 is 10.6 Å². The molecule has 1 spiro atoms. The second-order valence-corrected chi connectivity index (χ2v) is 10.5. The number of urea groups is 1. The summed E-state index contributed by atoms with van der Waals surface area (Å²) >= 11 is 1.30. The summed E-state index contributed by atoms with van der Waals surface area (Å²) in [6, 6.07) is 6.82. The highest BCUT2D eigenvalue weighted by atomic mass is 32.2. The number of ketones is 1. The van der Waals surface area contributed by atoms with Crippen LogP contribution in [0.3, 0.4) is 0 Å². The summed E-state index contributed by atoms with van der Waals surface area (Å²) in [4.78, 5) is 24.7. The molecule has 28 heavy (non-hydrogen) atoms. The molecule has 148 valence electrons. The van der Waals surface area contributed by atoms with Crippen molar-refractivity contribution in [3.63, 3.8) is 0 Å².